The number of hydrogen-bond donors (Lipinski definition) is 6. The number of nitrogens with one attached hydrogen (secondary N) is 4. The molecule has 1 heterocycles. The summed E-state index contributed by atoms with van der Waals surface area (Å²) in [5, 5.41) is 30.1. The molecule has 15 heteroatoms. The molecule has 0 aliphatic carbocycles. The molecule has 0 saturated carbocycles. The van der Waals surface area contributed by atoms with Gasteiger partial charge in [-0.2, -0.15) is 0 Å². The van der Waals surface area contributed by atoms with Gasteiger partial charge in [0.2, 0.25) is 23.6 Å². The van der Waals surface area contributed by atoms with Crippen LogP contribution in [0, 0.1) is 17.8 Å². The number of aliphatic carboxylic acids is 2. The van der Waals surface area contributed by atoms with E-state index in [1.54, 1.807) is 26.2 Å². The summed E-state index contributed by atoms with van der Waals surface area (Å²) < 4.78 is 5.78. The Morgan fingerprint density at radius 1 is 0.945 bits per heavy atom. The molecule has 1 aromatic carbocycles. The first-order chi connectivity index (χ1) is 25.9. The van der Waals surface area contributed by atoms with Crippen molar-refractivity contribution in [2.24, 2.45) is 17.8 Å². The molecule has 302 valence electrons. The van der Waals surface area contributed by atoms with Crippen LogP contribution in [-0.2, 0) is 44.7 Å². The molecule has 2 rings (SSSR count). The molecule has 6 N–H and O–H groups in total. The summed E-state index contributed by atoms with van der Waals surface area (Å²) >= 11 is 0. The van der Waals surface area contributed by atoms with Gasteiger partial charge in [0.1, 0.15) is 23.8 Å². The van der Waals surface area contributed by atoms with E-state index >= 15 is 0 Å². The largest absolute Gasteiger partial charge is 0.480 e. The van der Waals surface area contributed by atoms with Crippen molar-refractivity contribution in [2.45, 2.75) is 104 Å². The smallest absolute Gasteiger partial charge is 0.327 e. The lowest BCUT2D eigenvalue weighted by atomic mass is 9.94. The molecule has 1 fully saturated rings. The Kier molecular flexibility index (Phi) is 18.5. The number of amides is 5. The first-order valence-electron chi connectivity index (χ1n) is 18.5. The number of rotatable bonds is 11. The molecule has 0 aromatic heterocycles. The van der Waals surface area contributed by atoms with Gasteiger partial charge in [-0.15, -0.1) is 0 Å². The molecule has 0 unspecified atom stereocenters. The zero-order valence-electron chi connectivity index (χ0n) is 33.0. The summed E-state index contributed by atoms with van der Waals surface area (Å²) in [6.45, 7) is 9.89. The predicted octanol–water partition coefficient (Wildman–Crippen LogP) is 2.72. The lowest BCUT2D eigenvalue weighted by Crippen LogP contribution is -2.56. The summed E-state index contributed by atoms with van der Waals surface area (Å²) in [5.41, 5.74) is 1.67. The fourth-order valence-electron chi connectivity index (χ4n) is 6.17. The number of methoxy groups -OCH3 is 1. The standard InChI is InChI=1S/C40H57N5O10/c1-9-14-29-37(49)41-28(18-17-23(3)21-24(4)32(55-8)22-27-15-12-11-13-16-27)25(5)35(47)43-30(39(51)52)19-20-33(46)45(7)31(10-2)38(50)44-34(40(53)54)26(6)36(48)42-29/h10-13,15-18,21,24-26,28-30,32,34H,9,14,19-20,22H2,1-8H3,(H,41,49)(H,42,48)(H,43,47)(H,44,50)(H,51,52)(H,53,54)/b18-17+,23-21+,31-10-/t24-,25-,26-,28-,29-,30+,32-,34+/m0/s1. The third-order valence-electron chi connectivity index (χ3n) is 9.70. The van der Waals surface area contributed by atoms with Crippen LogP contribution in [0.3, 0.4) is 0 Å². The van der Waals surface area contributed by atoms with Gasteiger partial charge in [-0.3, -0.25) is 24.0 Å². The summed E-state index contributed by atoms with van der Waals surface area (Å²) in [4.78, 5) is 92.7. The van der Waals surface area contributed by atoms with Gasteiger partial charge in [-0.05, 0) is 38.7 Å². The third kappa shape index (κ3) is 13.8. The molecule has 55 heavy (non-hydrogen) atoms. The average Bonchev–Trinajstić information content (AvgIpc) is 3.14. The molecular formula is C40H57N5O10. The molecule has 1 aromatic rings. The van der Waals surface area contributed by atoms with Crippen molar-refractivity contribution >= 4 is 41.5 Å². The lowest BCUT2D eigenvalue weighted by molar-refractivity contribution is -0.146. The van der Waals surface area contributed by atoms with Crippen molar-refractivity contribution in [2.75, 3.05) is 14.2 Å². The maximum Gasteiger partial charge on any atom is 0.327 e. The zero-order chi connectivity index (χ0) is 41.4. The highest BCUT2D eigenvalue weighted by Gasteiger charge is 2.36. The van der Waals surface area contributed by atoms with Crippen LogP contribution in [-0.4, -0.2) is 101 Å². The molecule has 1 aliphatic rings. The lowest BCUT2D eigenvalue weighted by Gasteiger charge is -2.27. The van der Waals surface area contributed by atoms with Gasteiger partial charge in [-0.1, -0.05) is 94.3 Å². The Hall–Kier alpha value is -5.31. The predicted molar refractivity (Wildman–Crippen MR) is 205 cm³/mol. The van der Waals surface area contributed by atoms with Crippen molar-refractivity contribution in [3.05, 3.63) is 71.5 Å². The van der Waals surface area contributed by atoms with Crippen LogP contribution < -0.4 is 21.3 Å². The Labute approximate surface area is 323 Å². The summed E-state index contributed by atoms with van der Waals surface area (Å²) in [6.07, 6.45) is 6.99. The minimum absolute atomic E-state index is 0.0350. The van der Waals surface area contributed by atoms with Gasteiger partial charge in [0.05, 0.1) is 24.0 Å². The monoisotopic (exact) mass is 767 g/mol. The van der Waals surface area contributed by atoms with E-state index in [1.807, 2.05) is 50.3 Å². The van der Waals surface area contributed by atoms with Crippen molar-refractivity contribution in [3.63, 3.8) is 0 Å². The number of carbonyl (C=O) groups excluding carboxylic acids is 5. The van der Waals surface area contributed by atoms with Crippen LogP contribution in [0.25, 0.3) is 0 Å². The van der Waals surface area contributed by atoms with Crippen molar-refractivity contribution < 1.29 is 48.5 Å². The summed E-state index contributed by atoms with van der Waals surface area (Å²) in [6, 6.07) is 4.50. The Bertz CT molecular complexity index is 1620. The van der Waals surface area contributed by atoms with Crippen molar-refractivity contribution in [1.29, 1.82) is 0 Å². The van der Waals surface area contributed by atoms with E-state index in [2.05, 4.69) is 21.3 Å². The molecule has 0 bridgehead atoms. The topological polar surface area (TPSA) is 221 Å². The van der Waals surface area contributed by atoms with Gasteiger partial charge < -0.3 is 41.1 Å². The number of carboxylic acid groups (broad SMARTS) is 2. The second-order valence-electron chi connectivity index (χ2n) is 13.9. The number of carbonyl (C=O) groups is 7. The second-order valence-corrected chi connectivity index (χ2v) is 13.9. The van der Waals surface area contributed by atoms with Crippen LogP contribution in [0.5, 0.6) is 0 Å². The van der Waals surface area contributed by atoms with Crippen LogP contribution in [0.15, 0.2) is 65.9 Å². The van der Waals surface area contributed by atoms with Gasteiger partial charge >= 0.3 is 11.9 Å². The zero-order valence-corrected chi connectivity index (χ0v) is 33.0. The van der Waals surface area contributed by atoms with Crippen LogP contribution in [0.4, 0.5) is 0 Å². The number of carboxylic acids is 2. The van der Waals surface area contributed by atoms with E-state index in [0.717, 1.165) is 16.0 Å². The van der Waals surface area contributed by atoms with Crippen LogP contribution in [0.1, 0.15) is 72.8 Å². The van der Waals surface area contributed by atoms with E-state index < -0.39 is 83.9 Å². The third-order valence-corrected chi connectivity index (χ3v) is 9.70. The second kappa shape index (κ2) is 22.2. The number of likely N-dealkylation sites (N-methyl/N-ethyl adjacent to an activating group) is 1. The normalized spacial score (nSPS) is 26.2. The van der Waals surface area contributed by atoms with Gasteiger partial charge in [0, 0.05) is 26.5 Å². The number of benzene rings is 1. The van der Waals surface area contributed by atoms with Gasteiger partial charge in [-0.25, -0.2) is 9.59 Å². The van der Waals surface area contributed by atoms with Crippen LogP contribution >= 0.6 is 0 Å². The summed E-state index contributed by atoms with van der Waals surface area (Å²) in [5.74, 6) is -9.23. The highest BCUT2D eigenvalue weighted by atomic mass is 16.5. The minimum Gasteiger partial charge on any atom is -0.480 e. The molecule has 1 aliphatic heterocycles. The maximum atomic E-state index is 13.8. The number of hydrogen-bond acceptors (Lipinski definition) is 8. The SMILES string of the molecule is C/C=C1/C(=O)N[C@@H](C(=O)O)[C@H](C)C(=O)N[C@@H](CCC)C(=O)N[C@@H](/C=C/C(C)=C/[C@H](C)[C@H](Cc2ccccc2)OC)[C@H](C)C(=O)N[C@@H](C(=O)O)CCC(=O)N1C. The molecular weight excluding hydrogens is 710 g/mol. The van der Waals surface area contributed by atoms with Crippen molar-refractivity contribution in [3.8, 4) is 0 Å². The Balaban J connectivity index is 2.56. The van der Waals surface area contributed by atoms with E-state index in [0.29, 0.717) is 12.8 Å². The molecule has 15 nitrogen and oxygen atoms in total. The van der Waals surface area contributed by atoms with Crippen LogP contribution in [0.2, 0.25) is 0 Å². The number of ether oxygens (including phenoxy) is 1. The van der Waals surface area contributed by atoms with Gasteiger partial charge in [0.25, 0.3) is 5.91 Å². The Morgan fingerprint density at radius 3 is 2.15 bits per heavy atom. The molecule has 1 saturated heterocycles. The van der Waals surface area contributed by atoms with E-state index in [1.165, 1.54) is 33.9 Å². The fourth-order valence-corrected chi connectivity index (χ4v) is 6.17. The first-order valence-corrected chi connectivity index (χ1v) is 18.5. The molecule has 5 amide bonds. The average molecular weight is 768 g/mol. The number of allylic oxidation sites excluding steroid dienone is 3. The van der Waals surface area contributed by atoms with E-state index in [-0.39, 0.29) is 30.6 Å². The molecule has 0 radical (unpaired) electrons. The number of nitrogens with zero attached hydrogens (tertiary/aromatic N) is 1. The molecule has 0 spiro atoms. The molecule has 8 atom stereocenters. The Morgan fingerprint density at radius 2 is 1.58 bits per heavy atom. The highest BCUT2D eigenvalue weighted by Crippen LogP contribution is 2.19. The van der Waals surface area contributed by atoms with Crippen molar-refractivity contribution in [1.82, 2.24) is 26.2 Å². The quantitative estimate of drug-likeness (QED) is 0.143. The maximum absolute atomic E-state index is 13.8. The van der Waals surface area contributed by atoms with Gasteiger partial charge in [0.15, 0.2) is 0 Å². The van der Waals surface area contributed by atoms with E-state index in [9.17, 15) is 43.8 Å². The minimum atomic E-state index is -1.74. The highest BCUT2D eigenvalue weighted by molar-refractivity contribution is 6.00. The van der Waals surface area contributed by atoms with E-state index in [4.69, 9.17) is 4.74 Å². The fraction of sp³-hybridized carbons (Fsp3) is 0.525. The summed E-state index contributed by atoms with van der Waals surface area (Å²) in [7, 11) is 2.91. The first kappa shape index (κ1) is 45.8.